The molecule has 0 spiro atoms. The Morgan fingerprint density at radius 2 is 1.71 bits per heavy atom. The molecular weight excluding hydrogens is 434 g/mol. The van der Waals surface area contributed by atoms with Crippen LogP contribution in [0.1, 0.15) is 19.8 Å². The Hall–Kier alpha value is -3.77. The molecule has 5 aromatic rings. The molecular formula is C29H29N5O. The number of benzene rings is 2. The SMILES string of the molecule is CC1CCN(CCOc2ccc(-c3cnc4c(-c5ccnc6ccccc56)cnn4c3)cc2)CC1. The minimum atomic E-state index is 0.723. The Labute approximate surface area is 205 Å². The maximum atomic E-state index is 6.00. The minimum Gasteiger partial charge on any atom is -0.492 e. The first-order chi connectivity index (χ1) is 17.2. The van der Waals surface area contributed by atoms with Gasteiger partial charge in [0.2, 0.25) is 0 Å². The number of para-hydroxylation sites is 1. The molecule has 6 nitrogen and oxygen atoms in total. The summed E-state index contributed by atoms with van der Waals surface area (Å²) in [7, 11) is 0. The number of aromatic nitrogens is 4. The van der Waals surface area contributed by atoms with E-state index in [0.29, 0.717) is 0 Å². The normalized spacial score (nSPS) is 15.1. The fourth-order valence-electron chi connectivity index (χ4n) is 4.87. The maximum absolute atomic E-state index is 6.00. The lowest BCUT2D eigenvalue weighted by Gasteiger charge is -2.29. The zero-order valence-electron chi connectivity index (χ0n) is 20.0. The molecule has 4 heterocycles. The molecule has 0 atom stereocenters. The van der Waals surface area contributed by atoms with Gasteiger partial charge in [0.1, 0.15) is 12.4 Å². The van der Waals surface area contributed by atoms with Crippen molar-refractivity contribution in [2.75, 3.05) is 26.2 Å². The molecule has 6 heteroatoms. The fourth-order valence-corrected chi connectivity index (χ4v) is 4.87. The number of hydrogen-bond acceptors (Lipinski definition) is 5. The van der Waals surface area contributed by atoms with Gasteiger partial charge in [-0.15, -0.1) is 0 Å². The van der Waals surface area contributed by atoms with Crippen molar-refractivity contribution in [3.05, 3.63) is 79.4 Å². The number of nitrogens with zero attached hydrogens (tertiary/aromatic N) is 5. The molecule has 0 N–H and O–H groups in total. The first-order valence-corrected chi connectivity index (χ1v) is 12.4. The summed E-state index contributed by atoms with van der Waals surface area (Å²) in [4.78, 5) is 11.8. The van der Waals surface area contributed by atoms with Crippen molar-refractivity contribution in [1.82, 2.24) is 24.5 Å². The number of rotatable bonds is 6. The van der Waals surface area contributed by atoms with Gasteiger partial charge in [-0.3, -0.25) is 9.88 Å². The number of hydrogen-bond donors (Lipinski definition) is 0. The van der Waals surface area contributed by atoms with Gasteiger partial charge in [-0.2, -0.15) is 5.10 Å². The van der Waals surface area contributed by atoms with Crippen LogP contribution in [-0.4, -0.2) is 50.7 Å². The van der Waals surface area contributed by atoms with Crippen LogP contribution in [0.5, 0.6) is 5.75 Å². The largest absolute Gasteiger partial charge is 0.492 e. The van der Waals surface area contributed by atoms with E-state index in [1.165, 1.54) is 25.9 Å². The van der Waals surface area contributed by atoms with Gasteiger partial charge in [0, 0.05) is 41.6 Å². The minimum absolute atomic E-state index is 0.723. The zero-order valence-corrected chi connectivity index (χ0v) is 20.0. The summed E-state index contributed by atoms with van der Waals surface area (Å²) in [6.45, 7) is 6.43. The molecule has 0 amide bonds. The lowest BCUT2D eigenvalue weighted by molar-refractivity contribution is 0.160. The zero-order chi connectivity index (χ0) is 23.6. The molecule has 0 radical (unpaired) electrons. The predicted octanol–water partition coefficient (Wildman–Crippen LogP) is 5.72. The van der Waals surface area contributed by atoms with Gasteiger partial charge < -0.3 is 4.74 Å². The van der Waals surface area contributed by atoms with Gasteiger partial charge in [0.25, 0.3) is 0 Å². The molecule has 0 bridgehead atoms. The van der Waals surface area contributed by atoms with E-state index in [9.17, 15) is 0 Å². The summed E-state index contributed by atoms with van der Waals surface area (Å²) in [5.41, 5.74) is 5.99. The molecule has 1 fully saturated rings. The van der Waals surface area contributed by atoms with Gasteiger partial charge in [-0.1, -0.05) is 37.3 Å². The van der Waals surface area contributed by atoms with Crippen LogP contribution in [0.15, 0.2) is 79.4 Å². The molecule has 1 aliphatic rings. The third-order valence-electron chi connectivity index (χ3n) is 7.04. The number of fused-ring (bicyclic) bond motifs is 2. The first-order valence-electron chi connectivity index (χ1n) is 12.4. The Morgan fingerprint density at radius 1 is 0.886 bits per heavy atom. The van der Waals surface area contributed by atoms with Crippen molar-refractivity contribution < 1.29 is 4.74 Å². The molecule has 3 aromatic heterocycles. The third kappa shape index (κ3) is 4.49. The van der Waals surface area contributed by atoms with E-state index in [1.807, 2.05) is 65.7 Å². The molecule has 2 aromatic carbocycles. The molecule has 0 aliphatic carbocycles. The highest BCUT2D eigenvalue weighted by Crippen LogP contribution is 2.31. The van der Waals surface area contributed by atoms with Crippen LogP contribution in [-0.2, 0) is 0 Å². The van der Waals surface area contributed by atoms with Crippen LogP contribution in [0.3, 0.4) is 0 Å². The average Bonchev–Trinajstić information content (AvgIpc) is 3.33. The number of ether oxygens (including phenoxy) is 1. The summed E-state index contributed by atoms with van der Waals surface area (Å²) in [5.74, 6) is 1.76. The molecule has 6 rings (SSSR count). The molecule has 0 saturated carbocycles. The highest BCUT2D eigenvalue weighted by atomic mass is 16.5. The Morgan fingerprint density at radius 3 is 2.57 bits per heavy atom. The monoisotopic (exact) mass is 463 g/mol. The quantitative estimate of drug-likeness (QED) is 0.322. The molecule has 0 unspecified atom stereocenters. The number of piperidine rings is 1. The summed E-state index contributed by atoms with van der Waals surface area (Å²) >= 11 is 0. The fraction of sp³-hybridized carbons (Fsp3) is 0.276. The number of likely N-dealkylation sites (tertiary alicyclic amines) is 1. The van der Waals surface area contributed by atoms with E-state index in [2.05, 4.69) is 40.1 Å². The second-order valence-corrected chi connectivity index (χ2v) is 9.44. The second kappa shape index (κ2) is 9.47. The van der Waals surface area contributed by atoms with Crippen LogP contribution in [0.4, 0.5) is 0 Å². The van der Waals surface area contributed by atoms with Crippen LogP contribution in [0.25, 0.3) is 38.8 Å². The lowest BCUT2D eigenvalue weighted by Crippen LogP contribution is -2.35. The topological polar surface area (TPSA) is 55.5 Å². The van der Waals surface area contributed by atoms with Gasteiger partial charge in [-0.05, 0) is 67.2 Å². The number of pyridine rings is 1. The molecule has 1 aliphatic heterocycles. The summed E-state index contributed by atoms with van der Waals surface area (Å²) in [6.07, 6.45) is 10.3. The van der Waals surface area contributed by atoms with Crippen molar-refractivity contribution in [2.45, 2.75) is 19.8 Å². The van der Waals surface area contributed by atoms with Crippen LogP contribution in [0, 0.1) is 5.92 Å². The van der Waals surface area contributed by atoms with Crippen LogP contribution >= 0.6 is 0 Å². The van der Waals surface area contributed by atoms with Crippen molar-refractivity contribution in [1.29, 1.82) is 0 Å². The van der Waals surface area contributed by atoms with E-state index in [0.717, 1.165) is 63.6 Å². The Balaban J connectivity index is 1.17. The van der Waals surface area contributed by atoms with Crippen molar-refractivity contribution >= 4 is 16.6 Å². The van der Waals surface area contributed by atoms with E-state index >= 15 is 0 Å². The molecule has 176 valence electrons. The van der Waals surface area contributed by atoms with Crippen LogP contribution < -0.4 is 4.74 Å². The van der Waals surface area contributed by atoms with Gasteiger partial charge in [-0.25, -0.2) is 9.50 Å². The van der Waals surface area contributed by atoms with Gasteiger partial charge >= 0.3 is 0 Å². The van der Waals surface area contributed by atoms with E-state index in [-0.39, 0.29) is 0 Å². The van der Waals surface area contributed by atoms with Crippen LogP contribution in [0.2, 0.25) is 0 Å². The van der Waals surface area contributed by atoms with E-state index in [4.69, 9.17) is 9.72 Å². The van der Waals surface area contributed by atoms with Crippen molar-refractivity contribution in [2.24, 2.45) is 5.92 Å². The lowest BCUT2D eigenvalue weighted by atomic mass is 9.99. The molecule has 35 heavy (non-hydrogen) atoms. The first kappa shape index (κ1) is 21.7. The third-order valence-corrected chi connectivity index (χ3v) is 7.04. The van der Waals surface area contributed by atoms with Crippen molar-refractivity contribution in [3.63, 3.8) is 0 Å². The molecule has 1 saturated heterocycles. The smallest absolute Gasteiger partial charge is 0.162 e. The highest BCUT2D eigenvalue weighted by Gasteiger charge is 2.15. The predicted molar refractivity (Wildman–Crippen MR) is 139 cm³/mol. The second-order valence-electron chi connectivity index (χ2n) is 9.44. The maximum Gasteiger partial charge on any atom is 0.162 e. The Bertz CT molecular complexity index is 1450. The highest BCUT2D eigenvalue weighted by molar-refractivity contribution is 5.97. The van der Waals surface area contributed by atoms with Gasteiger partial charge in [0.05, 0.1) is 11.7 Å². The average molecular weight is 464 g/mol. The Kier molecular flexibility index (Phi) is 5.88. The summed E-state index contributed by atoms with van der Waals surface area (Å²) in [6, 6.07) is 18.4. The van der Waals surface area contributed by atoms with Crippen molar-refractivity contribution in [3.8, 4) is 28.0 Å². The van der Waals surface area contributed by atoms with E-state index in [1.54, 1.807) is 0 Å². The van der Waals surface area contributed by atoms with Gasteiger partial charge in [0.15, 0.2) is 5.65 Å². The summed E-state index contributed by atoms with van der Waals surface area (Å²) in [5, 5.41) is 5.70. The summed E-state index contributed by atoms with van der Waals surface area (Å²) < 4.78 is 7.86. The van der Waals surface area contributed by atoms with E-state index < -0.39 is 0 Å². The standard InChI is InChI=1S/C29H29N5O/c1-21-11-14-33(15-12-21)16-17-35-24-8-6-22(7-9-24)23-18-31-29-27(19-32-34(29)20-23)25-10-13-30-28-5-3-2-4-26(25)28/h2-10,13,18-21H,11-12,14-17H2,1H3.